The molecule has 0 saturated heterocycles. The number of aromatic nitrogens is 3. The number of carbonyl (C=O) groups is 1. The second-order valence-corrected chi connectivity index (χ2v) is 7.10. The predicted octanol–water partition coefficient (Wildman–Crippen LogP) is 3.88. The Kier molecular flexibility index (Phi) is 5.33. The Labute approximate surface area is 178 Å². The van der Waals surface area contributed by atoms with Crippen LogP contribution in [0.15, 0.2) is 60.1 Å². The molecule has 30 heavy (non-hydrogen) atoms. The quantitative estimate of drug-likeness (QED) is 0.644. The Morgan fingerprint density at radius 1 is 1.17 bits per heavy atom. The normalized spacial score (nSPS) is 15.3. The van der Waals surface area contributed by atoms with Gasteiger partial charge in [-0.1, -0.05) is 11.6 Å². The molecule has 1 aliphatic rings. The largest absolute Gasteiger partial charge is 0.497 e. The first-order valence-electron chi connectivity index (χ1n) is 9.18. The number of nitrogens with zero attached hydrogens (tertiary/aromatic N) is 3. The molecule has 1 aliphatic heterocycles. The van der Waals surface area contributed by atoms with Crippen LogP contribution in [-0.2, 0) is 4.79 Å². The lowest BCUT2D eigenvalue weighted by Crippen LogP contribution is -2.31. The molecule has 2 heterocycles. The molecule has 2 N–H and O–H groups in total. The van der Waals surface area contributed by atoms with Crippen molar-refractivity contribution in [2.75, 3.05) is 24.9 Å². The van der Waals surface area contributed by atoms with Crippen molar-refractivity contribution in [1.29, 1.82) is 0 Å². The molecule has 4 rings (SSSR count). The maximum Gasteiger partial charge on any atom is 0.255 e. The summed E-state index contributed by atoms with van der Waals surface area (Å²) >= 11 is 5.95. The summed E-state index contributed by atoms with van der Waals surface area (Å²) < 4.78 is 12.6. The lowest BCUT2D eigenvalue weighted by molar-refractivity contribution is -0.113. The van der Waals surface area contributed by atoms with Crippen LogP contribution >= 0.6 is 11.6 Å². The number of hydrogen-bond acceptors (Lipinski definition) is 6. The Hall–Kier alpha value is -3.52. The van der Waals surface area contributed by atoms with Gasteiger partial charge in [0.25, 0.3) is 5.91 Å². The van der Waals surface area contributed by atoms with Gasteiger partial charge >= 0.3 is 0 Å². The molecule has 0 spiro atoms. The van der Waals surface area contributed by atoms with Gasteiger partial charge in [-0.2, -0.15) is 10.1 Å². The molecule has 0 saturated carbocycles. The fourth-order valence-electron chi connectivity index (χ4n) is 3.45. The zero-order valence-electron chi connectivity index (χ0n) is 16.6. The van der Waals surface area contributed by atoms with Crippen molar-refractivity contribution < 1.29 is 14.3 Å². The minimum atomic E-state index is -0.545. The zero-order chi connectivity index (χ0) is 21.3. The molecule has 2 aromatic carbocycles. The van der Waals surface area contributed by atoms with Gasteiger partial charge in [0.1, 0.15) is 23.9 Å². The van der Waals surface area contributed by atoms with E-state index >= 15 is 0 Å². The molecule has 154 valence electrons. The van der Waals surface area contributed by atoms with E-state index in [1.54, 1.807) is 49.2 Å². The van der Waals surface area contributed by atoms with E-state index < -0.39 is 6.04 Å². The number of amides is 1. The van der Waals surface area contributed by atoms with Crippen molar-refractivity contribution in [3.05, 3.63) is 70.6 Å². The second kappa shape index (κ2) is 8.08. The highest BCUT2D eigenvalue weighted by Crippen LogP contribution is 2.40. The summed E-state index contributed by atoms with van der Waals surface area (Å²) in [7, 11) is 3.16. The Morgan fingerprint density at radius 2 is 1.93 bits per heavy atom. The van der Waals surface area contributed by atoms with E-state index in [0.29, 0.717) is 39.4 Å². The monoisotopic (exact) mass is 425 g/mol. The number of ether oxygens (including phenoxy) is 2. The number of carbonyl (C=O) groups excluding carboxylic acids is 1. The number of allylic oxidation sites excluding steroid dienone is 1. The van der Waals surface area contributed by atoms with Crippen LogP contribution in [0.25, 0.3) is 0 Å². The van der Waals surface area contributed by atoms with Gasteiger partial charge in [0.15, 0.2) is 0 Å². The molecular formula is C21H20ClN5O3. The number of rotatable bonds is 5. The third-order valence-corrected chi connectivity index (χ3v) is 5.13. The molecule has 0 radical (unpaired) electrons. The van der Waals surface area contributed by atoms with Crippen molar-refractivity contribution in [1.82, 2.24) is 14.8 Å². The summed E-state index contributed by atoms with van der Waals surface area (Å²) in [6, 6.07) is 11.8. The Morgan fingerprint density at radius 3 is 2.63 bits per heavy atom. The smallest absolute Gasteiger partial charge is 0.255 e. The van der Waals surface area contributed by atoms with Crippen molar-refractivity contribution in [2.24, 2.45) is 0 Å². The SMILES string of the molecule is COc1ccc(C2C(C(=O)Nc3ccc(Cl)cc3)=C(C)Nc3ncnn32)c(OC)c1. The molecule has 9 heteroatoms. The number of halogens is 1. The van der Waals surface area contributed by atoms with Crippen LogP contribution in [0.2, 0.25) is 5.02 Å². The maximum absolute atomic E-state index is 13.3. The van der Waals surface area contributed by atoms with Crippen molar-refractivity contribution in [3.63, 3.8) is 0 Å². The second-order valence-electron chi connectivity index (χ2n) is 6.66. The van der Waals surface area contributed by atoms with Crippen LogP contribution < -0.4 is 20.1 Å². The average molecular weight is 426 g/mol. The summed E-state index contributed by atoms with van der Waals surface area (Å²) in [6.45, 7) is 1.83. The van der Waals surface area contributed by atoms with Crippen LogP contribution in [-0.4, -0.2) is 34.9 Å². The van der Waals surface area contributed by atoms with Gasteiger partial charge in [-0.25, -0.2) is 4.68 Å². The van der Waals surface area contributed by atoms with E-state index in [4.69, 9.17) is 21.1 Å². The first kappa shape index (κ1) is 19.8. The third-order valence-electron chi connectivity index (χ3n) is 4.88. The number of fused-ring (bicyclic) bond motifs is 1. The summed E-state index contributed by atoms with van der Waals surface area (Å²) in [5, 5.41) is 11.0. The minimum absolute atomic E-state index is 0.272. The maximum atomic E-state index is 13.3. The van der Waals surface area contributed by atoms with Crippen LogP contribution in [0.1, 0.15) is 18.5 Å². The van der Waals surface area contributed by atoms with Crippen LogP contribution in [0.3, 0.4) is 0 Å². The standard InChI is InChI=1S/C21H20ClN5O3/c1-12-18(20(28)26-14-6-4-13(22)5-7-14)19(27-21(25-12)23-11-24-27)16-9-8-15(29-2)10-17(16)30-3/h4-11,19H,1-3H3,(H,26,28)(H,23,24,25). The molecule has 1 aromatic heterocycles. The molecule has 3 aromatic rings. The van der Waals surface area contributed by atoms with Gasteiger partial charge in [0, 0.05) is 28.0 Å². The summed E-state index contributed by atoms with van der Waals surface area (Å²) in [6.07, 6.45) is 1.44. The minimum Gasteiger partial charge on any atom is -0.497 e. The van der Waals surface area contributed by atoms with Crippen molar-refractivity contribution in [2.45, 2.75) is 13.0 Å². The van der Waals surface area contributed by atoms with Crippen LogP contribution in [0.5, 0.6) is 11.5 Å². The van der Waals surface area contributed by atoms with E-state index in [-0.39, 0.29) is 5.91 Å². The Balaban J connectivity index is 1.79. The van der Waals surface area contributed by atoms with E-state index in [9.17, 15) is 4.79 Å². The van der Waals surface area contributed by atoms with E-state index in [1.165, 1.54) is 6.33 Å². The predicted molar refractivity (Wildman–Crippen MR) is 114 cm³/mol. The van der Waals surface area contributed by atoms with Gasteiger partial charge < -0.3 is 20.1 Å². The lowest BCUT2D eigenvalue weighted by Gasteiger charge is -2.29. The number of hydrogen-bond donors (Lipinski definition) is 2. The third kappa shape index (κ3) is 3.57. The first-order valence-corrected chi connectivity index (χ1v) is 9.55. The summed E-state index contributed by atoms with van der Waals surface area (Å²) in [5.74, 6) is 1.49. The number of methoxy groups -OCH3 is 2. The van der Waals surface area contributed by atoms with Crippen molar-refractivity contribution in [3.8, 4) is 11.5 Å². The van der Waals surface area contributed by atoms with E-state index in [2.05, 4.69) is 20.7 Å². The van der Waals surface area contributed by atoms with Gasteiger partial charge in [-0.3, -0.25) is 4.79 Å². The van der Waals surface area contributed by atoms with Gasteiger partial charge in [0.05, 0.1) is 19.8 Å². The highest BCUT2D eigenvalue weighted by molar-refractivity contribution is 6.30. The zero-order valence-corrected chi connectivity index (χ0v) is 17.4. The number of nitrogens with one attached hydrogen (secondary N) is 2. The van der Waals surface area contributed by atoms with Gasteiger partial charge in [-0.05, 0) is 43.3 Å². The molecule has 0 fully saturated rings. The number of anilines is 2. The average Bonchev–Trinajstić information content (AvgIpc) is 3.21. The molecule has 8 nitrogen and oxygen atoms in total. The summed E-state index contributed by atoms with van der Waals surface area (Å²) in [5.41, 5.74) is 2.55. The van der Waals surface area contributed by atoms with E-state index in [0.717, 1.165) is 5.56 Å². The number of benzene rings is 2. The lowest BCUT2D eigenvalue weighted by atomic mass is 9.94. The first-order chi connectivity index (χ1) is 14.5. The molecule has 0 bridgehead atoms. The van der Waals surface area contributed by atoms with Crippen molar-refractivity contribution >= 4 is 29.1 Å². The fraction of sp³-hybridized carbons (Fsp3) is 0.190. The van der Waals surface area contributed by atoms with Gasteiger partial charge in [0.2, 0.25) is 5.95 Å². The molecule has 1 unspecified atom stereocenters. The fourth-order valence-corrected chi connectivity index (χ4v) is 3.57. The molecule has 0 aliphatic carbocycles. The highest BCUT2D eigenvalue weighted by atomic mass is 35.5. The molecule has 1 amide bonds. The summed E-state index contributed by atoms with van der Waals surface area (Å²) in [4.78, 5) is 17.6. The molecule has 1 atom stereocenters. The Bertz CT molecular complexity index is 1120. The van der Waals surface area contributed by atoms with E-state index in [1.807, 2.05) is 19.1 Å². The highest BCUT2D eigenvalue weighted by Gasteiger charge is 2.35. The van der Waals surface area contributed by atoms with Crippen LogP contribution in [0.4, 0.5) is 11.6 Å². The topological polar surface area (TPSA) is 90.3 Å². The molecular weight excluding hydrogens is 406 g/mol. The van der Waals surface area contributed by atoms with Gasteiger partial charge in [-0.15, -0.1) is 0 Å². The van der Waals surface area contributed by atoms with Crippen LogP contribution in [0, 0.1) is 0 Å².